The predicted octanol–water partition coefficient (Wildman–Crippen LogP) is 3.87. The maximum Gasteiger partial charge on any atom is 0.337 e. The minimum absolute atomic E-state index is 0.417. The lowest BCUT2D eigenvalue weighted by atomic mass is 10.2. The molecule has 2 aromatic rings. The molecule has 0 aromatic heterocycles. The van der Waals surface area contributed by atoms with Gasteiger partial charge in [-0.2, -0.15) is 0 Å². The van der Waals surface area contributed by atoms with E-state index in [9.17, 15) is 4.79 Å². The molecule has 0 aliphatic carbocycles. The van der Waals surface area contributed by atoms with Crippen molar-refractivity contribution in [1.82, 2.24) is 5.32 Å². The van der Waals surface area contributed by atoms with Crippen molar-refractivity contribution in [2.75, 3.05) is 37.0 Å². The molecule has 0 atom stereocenters. The number of hydrogen-bond acceptors (Lipinski definition) is 4. The van der Waals surface area contributed by atoms with Crippen molar-refractivity contribution in [2.45, 2.75) is 12.8 Å². The zero-order valence-electron chi connectivity index (χ0n) is 15.1. The fraction of sp³-hybridized carbons (Fsp3) is 0.300. The lowest BCUT2D eigenvalue weighted by Gasteiger charge is -2.19. The lowest BCUT2D eigenvalue weighted by molar-refractivity contribution is 0.0601. The van der Waals surface area contributed by atoms with Gasteiger partial charge in [-0.25, -0.2) is 4.79 Å². The molecule has 1 heterocycles. The Balaban J connectivity index is 1.46. The number of anilines is 2. The SMILES string of the molecule is COC(=O)c1ccc(Cl)c(NC(=S)NCCCN2CCc3ccccc32)c1. The van der Waals surface area contributed by atoms with Crippen LogP contribution >= 0.6 is 23.8 Å². The van der Waals surface area contributed by atoms with Crippen LogP contribution in [0.2, 0.25) is 5.02 Å². The first kappa shape index (κ1) is 19.5. The van der Waals surface area contributed by atoms with Crippen LogP contribution in [0.1, 0.15) is 22.3 Å². The number of nitrogens with zero attached hydrogens (tertiary/aromatic N) is 1. The molecule has 0 fully saturated rings. The normalized spacial score (nSPS) is 12.4. The van der Waals surface area contributed by atoms with Gasteiger partial charge < -0.3 is 20.3 Å². The lowest BCUT2D eigenvalue weighted by Crippen LogP contribution is -2.32. The number of halogens is 1. The Labute approximate surface area is 169 Å². The van der Waals surface area contributed by atoms with Crippen molar-refractivity contribution >= 4 is 46.3 Å². The summed E-state index contributed by atoms with van der Waals surface area (Å²) in [6.07, 6.45) is 2.07. The van der Waals surface area contributed by atoms with Crippen molar-refractivity contribution < 1.29 is 9.53 Å². The molecule has 0 unspecified atom stereocenters. The molecule has 2 aromatic carbocycles. The first-order valence-corrected chi connectivity index (χ1v) is 9.62. The average molecular weight is 404 g/mol. The van der Waals surface area contributed by atoms with Gasteiger partial charge in [-0.3, -0.25) is 0 Å². The van der Waals surface area contributed by atoms with Gasteiger partial charge in [0.1, 0.15) is 0 Å². The van der Waals surface area contributed by atoms with Gasteiger partial charge in [0.25, 0.3) is 0 Å². The van der Waals surface area contributed by atoms with Gasteiger partial charge in [0.2, 0.25) is 0 Å². The van der Waals surface area contributed by atoms with Crippen LogP contribution in [0.5, 0.6) is 0 Å². The molecule has 0 amide bonds. The molecule has 3 rings (SSSR count). The molecular formula is C20H22ClN3O2S. The second kappa shape index (κ2) is 9.06. The minimum atomic E-state index is -0.417. The molecule has 0 bridgehead atoms. The number of esters is 1. The Kier molecular flexibility index (Phi) is 6.53. The summed E-state index contributed by atoms with van der Waals surface area (Å²) in [6.45, 7) is 2.79. The zero-order chi connectivity index (χ0) is 19.2. The number of ether oxygens (including phenoxy) is 1. The number of carbonyl (C=O) groups excluding carboxylic acids is 1. The third kappa shape index (κ3) is 4.90. The van der Waals surface area contributed by atoms with Gasteiger partial charge in [-0.05, 0) is 54.9 Å². The Morgan fingerprint density at radius 3 is 2.93 bits per heavy atom. The number of rotatable bonds is 6. The van der Waals surface area contributed by atoms with Gasteiger partial charge in [0.15, 0.2) is 5.11 Å². The molecule has 1 aliphatic rings. The molecule has 142 valence electrons. The number of fused-ring (bicyclic) bond motifs is 1. The highest BCUT2D eigenvalue weighted by atomic mass is 35.5. The molecule has 0 saturated carbocycles. The number of carbonyl (C=O) groups is 1. The van der Waals surface area contributed by atoms with Crippen LogP contribution in [0, 0.1) is 0 Å². The van der Waals surface area contributed by atoms with E-state index in [2.05, 4.69) is 39.8 Å². The third-order valence-electron chi connectivity index (χ3n) is 4.51. The van der Waals surface area contributed by atoms with Crippen LogP contribution in [0.4, 0.5) is 11.4 Å². The van der Waals surface area contributed by atoms with E-state index in [4.69, 9.17) is 28.6 Å². The molecule has 2 N–H and O–H groups in total. The van der Waals surface area contributed by atoms with Crippen molar-refractivity contribution in [2.24, 2.45) is 0 Å². The number of hydrogen-bond donors (Lipinski definition) is 2. The summed E-state index contributed by atoms with van der Waals surface area (Å²) < 4.78 is 4.73. The van der Waals surface area contributed by atoms with Crippen molar-refractivity contribution in [3.63, 3.8) is 0 Å². The summed E-state index contributed by atoms with van der Waals surface area (Å²) >= 11 is 11.5. The van der Waals surface area contributed by atoms with Crippen LogP contribution in [0.15, 0.2) is 42.5 Å². The second-order valence-corrected chi connectivity index (χ2v) is 7.10. The molecule has 0 saturated heterocycles. The van der Waals surface area contributed by atoms with Gasteiger partial charge in [-0.1, -0.05) is 29.8 Å². The third-order valence-corrected chi connectivity index (χ3v) is 5.09. The van der Waals surface area contributed by atoms with E-state index in [-0.39, 0.29) is 0 Å². The van der Waals surface area contributed by atoms with Crippen LogP contribution in [0.25, 0.3) is 0 Å². The van der Waals surface area contributed by atoms with Gasteiger partial charge in [-0.15, -0.1) is 0 Å². The molecule has 5 nitrogen and oxygen atoms in total. The predicted molar refractivity (Wildman–Crippen MR) is 114 cm³/mol. The van der Waals surface area contributed by atoms with Gasteiger partial charge in [0.05, 0.1) is 23.4 Å². The maximum atomic E-state index is 11.6. The summed E-state index contributed by atoms with van der Waals surface area (Å²) in [5.41, 5.74) is 3.75. The van der Waals surface area contributed by atoms with E-state index in [1.54, 1.807) is 18.2 Å². The monoisotopic (exact) mass is 403 g/mol. The minimum Gasteiger partial charge on any atom is -0.465 e. The van der Waals surface area contributed by atoms with Crippen LogP contribution in [-0.4, -0.2) is 37.8 Å². The van der Waals surface area contributed by atoms with Crippen LogP contribution in [0.3, 0.4) is 0 Å². The van der Waals surface area contributed by atoms with E-state index >= 15 is 0 Å². The highest BCUT2D eigenvalue weighted by molar-refractivity contribution is 7.80. The Bertz CT molecular complexity index is 844. The number of thiocarbonyl (C=S) groups is 1. The van der Waals surface area contributed by atoms with Crippen LogP contribution < -0.4 is 15.5 Å². The van der Waals surface area contributed by atoms with E-state index in [0.717, 1.165) is 32.5 Å². The van der Waals surface area contributed by atoms with E-state index in [1.165, 1.54) is 18.4 Å². The average Bonchev–Trinajstić information content (AvgIpc) is 3.09. The quantitative estimate of drug-likeness (QED) is 0.434. The van der Waals surface area contributed by atoms with Gasteiger partial charge in [0, 0.05) is 25.3 Å². The Morgan fingerprint density at radius 1 is 1.30 bits per heavy atom. The van der Waals surface area contributed by atoms with E-state index in [1.807, 2.05) is 0 Å². The standard InChI is InChI=1S/C20H22ClN3O2S/c1-26-19(25)15-7-8-16(21)17(13-15)23-20(27)22-10-4-11-24-12-9-14-5-2-3-6-18(14)24/h2-3,5-8,13H,4,9-12H2,1H3,(H2,22,23,27). The highest BCUT2D eigenvalue weighted by Gasteiger charge is 2.17. The molecule has 1 aliphatic heterocycles. The molecule has 27 heavy (non-hydrogen) atoms. The fourth-order valence-electron chi connectivity index (χ4n) is 3.14. The van der Waals surface area contributed by atoms with Gasteiger partial charge >= 0.3 is 5.97 Å². The van der Waals surface area contributed by atoms with Crippen molar-refractivity contribution in [1.29, 1.82) is 0 Å². The smallest absolute Gasteiger partial charge is 0.337 e. The maximum absolute atomic E-state index is 11.6. The topological polar surface area (TPSA) is 53.6 Å². The molecule has 0 spiro atoms. The summed E-state index contributed by atoms with van der Waals surface area (Å²) in [5, 5.41) is 7.19. The Morgan fingerprint density at radius 2 is 2.11 bits per heavy atom. The van der Waals surface area contributed by atoms with E-state index < -0.39 is 5.97 Å². The molecule has 7 heteroatoms. The first-order valence-electron chi connectivity index (χ1n) is 8.84. The second-order valence-electron chi connectivity index (χ2n) is 6.29. The molecule has 0 radical (unpaired) electrons. The first-order chi connectivity index (χ1) is 13.1. The number of benzene rings is 2. The van der Waals surface area contributed by atoms with Crippen LogP contribution in [-0.2, 0) is 11.2 Å². The summed E-state index contributed by atoms with van der Waals surface area (Å²) in [4.78, 5) is 14.0. The van der Waals surface area contributed by atoms with Crippen molar-refractivity contribution in [3.8, 4) is 0 Å². The van der Waals surface area contributed by atoms with E-state index in [0.29, 0.717) is 21.4 Å². The largest absolute Gasteiger partial charge is 0.465 e. The Hall–Kier alpha value is -2.31. The summed E-state index contributed by atoms with van der Waals surface area (Å²) in [7, 11) is 1.34. The highest BCUT2D eigenvalue weighted by Crippen LogP contribution is 2.27. The number of para-hydroxylation sites is 1. The summed E-state index contributed by atoms with van der Waals surface area (Å²) in [5.74, 6) is -0.417. The zero-order valence-corrected chi connectivity index (χ0v) is 16.7. The molecular weight excluding hydrogens is 382 g/mol. The number of methoxy groups -OCH3 is 1. The van der Waals surface area contributed by atoms with Crippen molar-refractivity contribution in [3.05, 3.63) is 58.6 Å². The number of nitrogens with one attached hydrogen (secondary N) is 2. The summed E-state index contributed by atoms with van der Waals surface area (Å²) in [6, 6.07) is 13.4. The fourth-order valence-corrected chi connectivity index (χ4v) is 3.52.